The van der Waals surface area contributed by atoms with Crippen LogP contribution in [0.5, 0.6) is 5.75 Å². The molecule has 7 nitrogen and oxygen atoms in total. The number of nitriles is 1. The molecular formula is C28H33F3N2O5. The van der Waals surface area contributed by atoms with Crippen molar-refractivity contribution in [3.05, 3.63) is 48.0 Å². The molecule has 0 atom stereocenters. The fourth-order valence-corrected chi connectivity index (χ4v) is 3.76. The molecule has 10 heteroatoms. The quantitative estimate of drug-likeness (QED) is 0.365. The number of fused-ring (bicyclic) bond motifs is 1. The van der Waals surface area contributed by atoms with Gasteiger partial charge < -0.3 is 18.9 Å². The first-order valence-corrected chi connectivity index (χ1v) is 12.0. The smallest absolute Gasteiger partial charge is 0.422 e. The Kier molecular flexibility index (Phi) is 7.79. The van der Waals surface area contributed by atoms with E-state index < -0.39 is 42.0 Å². The maximum atomic E-state index is 13.3. The first kappa shape index (κ1) is 29.3. The second-order valence-corrected chi connectivity index (χ2v) is 11.2. The maximum absolute atomic E-state index is 13.3. The minimum atomic E-state index is -4.62. The van der Waals surface area contributed by atoms with Crippen molar-refractivity contribution < 1.29 is 36.9 Å². The van der Waals surface area contributed by atoms with Crippen LogP contribution in [-0.4, -0.2) is 42.2 Å². The summed E-state index contributed by atoms with van der Waals surface area (Å²) in [6.45, 7) is 14.3. The Morgan fingerprint density at radius 1 is 1.11 bits per heavy atom. The molecule has 206 valence electrons. The van der Waals surface area contributed by atoms with E-state index in [1.54, 1.807) is 45.0 Å². The summed E-state index contributed by atoms with van der Waals surface area (Å²) in [6, 6.07) is 10.0. The highest BCUT2D eigenvalue weighted by Gasteiger charge is 2.49. The Bertz CT molecular complexity index is 1260. The third kappa shape index (κ3) is 6.58. The number of anilines is 1. The summed E-state index contributed by atoms with van der Waals surface area (Å²) in [4.78, 5) is 14.4. The van der Waals surface area contributed by atoms with Gasteiger partial charge in [0.25, 0.3) is 0 Å². The summed E-state index contributed by atoms with van der Waals surface area (Å²) in [5, 5.41) is 10.4. The number of amides is 1. The second-order valence-electron chi connectivity index (χ2n) is 11.2. The van der Waals surface area contributed by atoms with Crippen molar-refractivity contribution in [3.63, 3.8) is 0 Å². The Hall–Kier alpha value is -3.29. The second kappa shape index (κ2) is 10.1. The van der Waals surface area contributed by atoms with Crippen LogP contribution in [0.1, 0.15) is 60.3 Å². The minimum Gasteiger partial charge on any atom is -0.482 e. The lowest BCUT2D eigenvalue weighted by atomic mass is 9.90. The number of carbonyl (C=O) groups is 1. The van der Waals surface area contributed by atoms with Crippen molar-refractivity contribution in [1.29, 1.82) is 5.26 Å². The molecule has 0 radical (unpaired) electrons. The molecule has 2 aromatic rings. The van der Waals surface area contributed by atoms with E-state index in [0.29, 0.717) is 16.3 Å². The van der Waals surface area contributed by atoms with Crippen molar-refractivity contribution in [2.75, 3.05) is 18.1 Å². The summed E-state index contributed by atoms with van der Waals surface area (Å²) in [5.41, 5.74) is -1.57. The Morgan fingerprint density at radius 3 is 2.21 bits per heavy atom. The van der Waals surface area contributed by atoms with Gasteiger partial charge in [-0.25, -0.2) is 4.79 Å². The summed E-state index contributed by atoms with van der Waals surface area (Å²) < 4.78 is 62.4. The summed E-state index contributed by atoms with van der Waals surface area (Å²) in [5.74, 6) is -0.211. The molecule has 1 amide bonds. The molecule has 1 heterocycles. The molecule has 0 spiro atoms. The molecule has 1 aliphatic rings. The number of rotatable bonds is 6. The lowest BCUT2D eigenvalue weighted by Gasteiger charge is -2.30. The Morgan fingerprint density at radius 2 is 1.68 bits per heavy atom. The molecule has 2 aromatic carbocycles. The predicted molar refractivity (Wildman–Crippen MR) is 137 cm³/mol. The van der Waals surface area contributed by atoms with E-state index in [2.05, 4.69) is 6.58 Å². The topological polar surface area (TPSA) is 81.0 Å². The largest absolute Gasteiger partial charge is 0.482 e. The number of carbonyl (C=O) groups excluding carboxylic acids is 1. The first-order valence-electron chi connectivity index (χ1n) is 12.0. The Labute approximate surface area is 220 Å². The standard InChI is InChI=1S/C28H33F3N2O5/c1-17(14-32)15-33(24(34)38-25(2,3)4)22-20-13-19(23-36-26(5,6)27(7,8)37-23)10-9-18(20)11-12-21(22)35-16-28(29,30)31/h9-13,23H,1,15-16H2,2-8H3. The van der Waals surface area contributed by atoms with E-state index in [9.17, 15) is 23.2 Å². The highest BCUT2D eigenvalue weighted by atomic mass is 19.4. The van der Waals surface area contributed by atoms with E-state index in [4.69, 9.17) is 18.9 Å². The molecule has 0 bridgehead atoms. The van der Waals surface area contributed by atoms with E-state index in [1.165, 1.54) is 6.07 Å². The lowest BCUT2D eigenvalue weighted by molar-refractivity contribution is -0.153. The zero-order chi connectivity index (χ0) is 28.7. The molecule has 1 aliphatic heterocycles. The van der Waals surface area contributed by atoms with Crippen LogP contribution in [0.25, 0.3) is 10.8 Å². The molecule has 0 N–H and O–H groups in total. The van der Waals surface area contributed by atoms with Crippen LogP contribution < -0.4 is 9.64 Å². The zero-order valence-electron chi connectivity index (χ0n) is 22.7. The highest BCUT2D eigenvalue weighted by molar-refractivity contribution is 6.05. The monoisotopic (exact) mass is 534 g/mol. The number of nitrogens with zero attached hydrogens (tertiary/aromatic N) is 2. The van der Waals surface area contributed by atoms with Crippen molar-refractivity contribution in [1.82, 2.24) is 0 Å². The van der Waals surface area contributed by atoms with Crippen molar-refractivity contribution >= 4 is 22.6 Å². The van der Waals surface area contributed by atoms with Crippen LogP contribution in [0, 0.1) is 11.3 Å². The number of halogens is 3. The maximum Gasteiger partial charge on any atom is 0.422 e. The van der Waals surface area contributed by atoms with Crippen molar-refractivity contribution in [2.45, 2.75) is 77.7 Å². The summed E-state index contributed by atoms with van der Waals surface area (Å²) in [6.07, 6.45) is -6.26. The average molecular weight is 535 g/mol. The van der Waals surface area contributed by atoms with Crippen LogP contribution in [0.2, 0.25) is 0 Å². The molecule has 0 saturated carbocycles. The van der Waals surface area contributed by atoms with Gasteiger partial charge in [-0.2, -0.15) is 18.4 Å². The van der Waals surface area contributed by atoms with Crippen molar-refractivity contribution in [3.8, 4) is 11.8 Å². The van der Waals surface area contributed by atoms with Gasteiger partial charge in [-0.15, -0.1) is 0 Å². The van der Waals surface area contributed by atoms with Crippen molar-refractivity contribution in [2.24, 2.45) is 0 Å². The molecule has 3 rings (SSSR count). The Balaban J connectivity index is 2.23. The highest BCUT2D eigenvalue weighted by Crippen LogP contribution is 2.46. The summed E-state index contributed by atoms with van der Waals surface area (Å²) >= 11 is 0. The average Bonchev–Trinajstić information content (AvgIpc) is 3.00. The number of alkyl halides is 3. The normalized spacial score (nSPS) is 17.2. The number of hydrogen-bond acceptors (Lipinski definition) is 6. The molecule has 38 heavy (non-hydrogen) atoms. The van der Waals surface area contributed by atoms with Gasteiger partial charge in [0.05, 0.1) is 29.5 Å². The number of hydrogen-bond donors (Lipinski definition) is 0. The van der Waals surface area contributed by atoms with Gasteiger partial charge in [0.1, 0.15) is 11.4 Å². The van der Waals surface area contributed by atoms with Gasteiger partial charge in [-0.1, -0.05) is 24.8 Å². The van der Waals surface area contributed by atoms with Crippen LogP contribution in [0.3, 0.4) is 0 Å². The fourth-order valence-electron chi connectivity index (χ4n) is 3.76. The fraction of sp³-hybridized carbons (Fsp3) is 0.500. The number of benzene rings is 2. The van der Waals surface area contributed by atoms with Gasteiger partial charge in [0.2, 0.25) is 0 Å². The van der Waals surface area contributed by atoms with Gasteiger partial charge in [0.15, 0.2) is 12.9 Å². The third-order valence-electron chi connectivity index (χ3n) is 6.29. The molecule has 0 aliphatic carbocycles. The van der Waals surface area contributed by atoms with E-state index >= 15 is 0 Å². The number of ether oxygens (including phenoxy) is 4. The lowest BCUT2D eigenvalue weighted by Crippen LogP contribution is -2.41. The minimum absolute atomic E-state index is 0.00301. The molecule has 0 unspecified atom stereocenters. The van der Waals surface area contributed by atoms with Crippen LogP contribution in [0.4, 0.5) is 23.7 Å². The molecule has 1 saturated heterocycles. The first-order chi connectivity index (χ1) is 17.3. The van der Waals surface area contributed by atoms with E-state index in [0.717, 1.165) is 4.90 Å². The summed E-state index contributed by atoms with van der Waals surface area (Å²) in [7, 11) is 0. The van der Waals surface area contributed by atoms with Gasteiger partial charge >= 0.3 is 12.3 Å². The zero-order valence-corrected chi connectivity index (χ0v) is 22.7. The van der Waals surface area contributed by atoms with Gasteiger partial charge in [-0.05, 0) is 66.0 Å². The van der Waals surface area contributed by atoms with Crippen LogP contribution in [0.15, 0.2) is 42.5 Å². The third-order valence-corrected chi connectivity index (χ3v) is 6.29. The van der Waals surface area contributed by atoms with E-state index in [-0.39, 0.29) is 23.6 Å². The SMILES string of the molecule is C=C(C#N)CN(C(=O)OC(C)(C)C)c1c(OCC(F)(F)F)ccc2ccc(C3OC(C)(C)C(C)(C)O3)cc12. The van der Waals surface area contributed by atoms with E-state index in [1.807, 2.05) is 33.8 Å². The predicted octanol–water partition coefficient (Wildman–Crippen LogP) is 7.20. The van der Waals surface area contributed by atoms with Crippen LogP contribution >= 0.6 is 0 Å². The van der Waals surface area contributed by atoms with Crippen LogP contribution in [-0.2, 0) is 14.2 Å². The molecular weight excluding hydrogens is 501 g/mol. The molecule has 0 aromatic heterocycles. The van der Waals surface area contributed by atoms with Gasteiger partial charge in [0, 0.05) is 16.5 Å². The molecule has 1 fully saturated rings. The van der Waals surface area contributed by atoms with Gasteiger partial charge in [-0.3, -0.25) is 4.90 Å².